The number of likely N-dealkylation sites (tertiary alicyclic amines) is 1. The van der Waals surface area contributed by atoms with E-state index in [1.807, 2.05) is 26.8 Å². The average molecular weight is 431 g/mol. The molecule has 3 heterocycles. The standard InChI is InChI=1S/C23H30N2O6/c1-15-12-19(17(3)25(15)16(2)13-29-4)20(26)14-31-23(28)18-7-9-24(10-8-18)22(27)21-6-5-11-30-21/h5-6,11-12,16,18H,7-10,13-14H2,1-4H3. The zero-order chi connectivity index (χ0) is 22.5. The Morgan fingerprint density at radius 2 is 1.94 bits per heavy atom. The molecule has 1 aliphatic rings. The Hall–Kier alpha value is -2.87. The van der Waals surface area contributed by atoms with Crippen LogP contribution in [0.5, 0.6) is 0 Å². The van der Waals surface area contributed by atoms with Crippen LogP contribution in [0.15, 0.2) is 28.9 Å². The SMILES string of the molecule is COCC(C)n1c(C)cc(C(=O)COC(=O)C2CCN(C(=O)c3ccco3)CC2)c1C. The van der Waals surface area contributed by atoms with Gasteiger partial charge in [0.1, 0.15) is 0 Å². The number of ketones is 1. The Bertz CT molecular complexity index is 922. The van der Waals surface area contributed by atoms with E-state index in [0.29, 0.717) is 43.9 Å². The highest BCUT2D eigenvalue weighted by Gasteiger charge is 2.30. The second kappa shape index (κ2) is 9.96. The van der Waals surface area contributed by atoms with Crippen LogP contribution in [0.3, 0.4) is 0 Å². The Kier molecular flexibility index (Phi) is 7.33. The number of rotatable bonds is 8. The van der Waals surface area contributed by atoms with Crippen LogP contribution in [-0.2, 0) is 14.3 Å². The van der Waals surface area contributed by atoms with Crippen molar-refractivity contribution in [3.05, 3.63) is 47.2 Å². The first-order valence-electron chi connectivity index (χ1n) is 10.5. The molecule has 1 fully saturated rings. The van der Waals surface area contributed by atoms with Crippen molar-refractivity contribution in [3.8, 4) is 0 Å². The molecule has 2 aromatic rings. The maximum absolute atomic E-state index is 12.7. The summed E-state index contributed by atoms with van der Waals surface area (Å²) in [6.07, 6.45) is 2.47. The summed E-state index contributed by atoms with van der Waals surface area (Å²) in [5, 5.41) is 0. The summed E-state index contributed by atoms with van der Waals surface area (Å²) in [7, 11) is 1.65. The van der Waals surface area contributed by atoms with Gasteiger partial charge in [0.05, 0.1) is 24.8 Å². The molecule has 1 unspecified atom stereocenters. The van der Waals surface area contributed by atoms with Crippen LogP contribution in [0.1, 0.15) is 58.1 Å². The molecule has 0 aromatic carbocycles. The first kappa shape index (κ1) is 22.8. The molecule has 0 spiro atoms. The van der Waals surface area contributed by atoms with Crippen molar-refractivity contribution in [1.82, 2.24) is 9.47 Å². The van der Waals surface area contributed by atoms with E-state index in [1.54, 1.807) is 24.1 Å². The molecule has 31 heavy (non-hydrogen) atoms. The number of esters is 1. The molecule has 1 atom stereocenters. The van der Waals surface area contributed by atoms with E-state index < -0.39 is 0 Å². The molecule has 168 valence electrons. The number of hydrogen-bond donors (Lipinski definition) is 0. The highest BCUT2D eigenvalue weighted by Crippen LogP contribution is 2.23. The summed E-state index contributed by atoms with van der Waals surface area (Å²) in [5.41, 5.74) is 2.37. The van der Waals surface area contributed by atoms with Gasteiger partial charge in [0.15, 0.2) is 12.4 Å². The van der Waals surface area contributed by atoms with Gasteiger partial charge in [-0.25, -0.2) is 0 Å². The topological polar surface area (TPSA) is 91.0 Å². The van der Waals surface area contributed by atoms with Crippen molar-refractivity contribution < 1.29 is 28.3 Å². The summed E-state index contributed by atoms with van der Waals surface area (Å²) in [4.78, 5) is 39.1. The second-order valence-corrected chi connectivity index (χ2v) is 8.03. The monoisotopic (exact) mass is 430 g/mol. The second-order valence-electron chi connectivity index (χ2n) is 8.03. The van der Waals surface area contributed by atoms with E-state index >= 15 is 0 Å². The molecule has 0 bridgehead atoms. The van der Waals surface area contributed by atoms with Crippen molar-refractivity contribution in [1.29, 1.82) is 0 Å². The summed E-state index contributed by atoms with van der Waals surface area (Å²) >= 11 is 0. The molecule has 0 radical (unpaired) electrons. The van der Waals surface area contributed by atoms with Gasteiger partial charge in [0.2, 0.25) is 5.78 Å². The lowest BCUT2D eigenvalue weighted by atomic mass is 9.97. The number of Topliss-reactive ketones (excluding diaryl/α,β-unsaturated/α-hetero) is 1. The maximum Gasteiger partial charge on any atom is 0.309 e. The number of piperidine rings is 1. The predicted molar refractivity (Wildman–Crippen MR) is 113 cm³/mol. The van der Waals surface area contributed by atoms with E-state index in [0.717, 1.165) is 11.4 Å². The lowest BCUT2D eigenvalue weighted by Gasteiger charge is -2.30. The number of nitrogens with zero attached hydrogens (tertiary/aromatic N) is 2. The number of methoxy groups -OCH3 is 1. The zero-order valence-corrected chi connectivity index (χ0v) is 18.6. The molecular weight excluding hydrogens is 400 g/mol. The quantitative estimate of drug-likeness (QED) is 0.472. The molecule has 1 amide bonds. The van der Waals surface area contributed by atoms with E-state index in [9.17, 15) is 14.4 Å². The third-order valence-electron chi connectivity index (χ3n) is 5.83. The number of hydrogen-bond acceptors (Lipinski definition) is 6. The first-order chi connectivity index (χ1) is 14.8. The van der Waals surface area contributed by atoms with E-state index in [-0.39, 0.29) is 36.2 Å². The number of aryl methyl sites for hydroxylation is 1. The molecule has 8 heteroatoms. The average Bonchev–Trinajstić information content (AvgIpc) is 3.39. The van der Waals surface area contributed by atoms with Gasteiger partial charge < -0.3 is 23.4 Å². The Morgan fingerprint density at radius 3 is 2.55 bits per heavy atom. The highest BCUT2D eigenvalue weighted by molar-refractivity contribution is 5.99. The van der Waals surface area contributed by atoms with E-state index in [4.69, 9.17) is 13.9 Å². The van der Waals surface area contributed by atoms with Crippen LogP contribution in [0.25, 0.3) is 0 Å². The lowest BCUT2D eigenvalue weighted by molar-refractivity contribution is -0.148. The van der Waals surface area contributed by atoms with E-state index in [2.05, 4.69) is 4.57 Å². The molecule has 3 rings (SSSR count). The van der Waals surface area contributed by atoms with Gasteiger partial charge in [-0.3, -0.25) is 14.4 Å². The molecule has 1 aliphatic heterocycles. The van der Waals surface area contributed by atoms with Crippen LogP contribution in [0.2, 0.25) is 0 Å². The van der Waals surface area contributed by atoms with Gasteiger partial charge >= 0.3 is 5.97 Å². The Labute approximate surface area is 182 Å². The fraction of sp³-hybridized carbons (Fsp3) is 0.522. The van der Waals surface area contributed by atoms with Crippen LogP contribution in [0, 0.1) is 19.8 Å². The third-order valence-corrected chi connectivity index (χ3v) is 5.83. The van der Waals surface area contributed by atoms with Crippen molar-refractivity contribution in [2.24, 2.45) is 5.92 Å². The van der Waals surface area contributed by atoms with Gasteiger partial charge in [-0.1, -0.05) is 0 Å². The van der Waals surface area contributed by atoms with Gasteiger partial charge in [-0.15, -0.1) is 0 Å². The smallest absolute Gasteiger partial charge is 0.309 e. The minimum absolute atomic E-state index is 0.100. The van der Waals surface area contributed by atoms with Crippen molar-refractivity contribution in [2.75, 3.05) is 33.4 Å². The van der Waals surface area contributed by atoms with Gasteiger partial charge in [-0.05, 0) is 51.8 Å². The number of amides is 1. The van der Waals surface area contributed by atoms with Gasteiger partial charge in [0, 0.05) is 37.2 Å². The largest absolute Gasteiger partial charge is 0.459 e. The molecule has 0 N–H and O–H groups in total. The minimum Gasteiger partial charge on any atom is -0.459 e. The third kappa shape index (κ3) is 5.07. The van der Waals surface area contributed by atoms with Gasteiger partial charge in [0.25, 0.3) is 5.91 Å². The van der Waals surface area contributed by atoms with Crippen LogP contribution in [0.4, 0.5) is 0 Å². The van der Waals surface area contributed by atoms with Crippen molar-refractivity contribution >= 4 is 17.7 Å². The Morgan fingerprint density at radius 1 is 1.23 bits per heavy atom. The maximum atomic E-state index is 12.7. The first-order valence-corrected chi connectivity index (χ1v) is 10.5. The highest BCUT2D eigenvalue weighted by atomic mass is 16.5. The summed E-state index contributed by atoms with van der Waals surface area (Å²) in [6.45, 7) is 7.02. The lowest BCUT2D eigenvalue weighted by Crippen LogP contribution is -2.40. The fourth-order valence-electron chi connectivity index (χ4n) is 4.26. The number of carbonyl (C=O) groups is 3. The minimum atomic E-state index is -0.389. The fourth-order valence-corrected chi connectivity index (χ4v) is 4.26. The number of furan rings is 1. The molecular formula is C23H30N2O6. The summed E-state index contributed by atoms with van der Waals surface area (Å²) in [6, 6.07) is 5.23. The van der Waals surface area contributed by atoms with Crippen LogP contribution >= 0.6 is 0 Å². The van der Waals surface area contributed by atoms with Crippen LogP contribution in [-0.4, -0.2) is 60.5 Å². The van der Waals surface area contributed by atoms with Gasteiger partial charge in [-0.2, -0.15) is 0 Å². The molecule has 2 aromatic heterocycles. The number of ether oxygens (including phenoxy) is 2. The normalized spacial score (nSPS) is 15.7. The van der Waals surface area contributed by atoms with E-state index in [1.165, 1.54) is 6.26 Å². The number of aromatic nitrogens is 1. The molecule has 8 nitrogen and oxygen atoms in total. The Balaban J connectivity index is 1.52. The number of carbonyl (C=O) groups excluding carboxylic acids is 3. The van der Waals surface area contributed by atoms with Crippen LogP contribution < -0.4 is 0 Å². The van der Waals surface area contributed by atoms with Crippen molar-refractivity contribution in [3.63, 3.8) is 0 Å². The van der Waals surface area contributed by atoms with Crippen molar-refractivity contribution in [2.45, 2.75) is 39.7 Å². The summed E-state index contributed by atoms with van der Waals surface area (Å²) < 4.78 is 17.8. The molecule has 1 saturated heterocycles. The molecule has 0 saturated carbocycles. The zero-order valence-electron chi connectivity index (χ0n) is 18.6. The summed E-state index contributed by atoms with van der Waals surface area (Å²) in [5.74, 6) is -0.806. The predicted octanol–water partition coefficient (Wildman–Crippen LogP) is 3.18. The molecule has 0 aliphatic carbocycles.